The molecule has 0 aliphatic heterocycles. The van der Waals surface area contributed by atoms with E-state index in [4.69, 9.17) is 9.47 Å². The molecule has 190 valence electrons. The Kier molecular flexibility index (Phi) is 9.46. The molecular formula is C27H31N3O5S. The maximum absolute atomic E-state index is 13.5. The first-order valence-electron chi connectivity index (χ1n) is 11.6. The van der Waals surface area contributed by atoms with Crippen LogP contribution in [0, 0.1) is 6.92 Å². The second kappa shape index (κ2) is 12.7. The SMILES string of the molecule is CCCCOc1ccc(/C=N\NC(=O)CN(c2cccc(OC)c2)S(=O)(=O)c2ccc(C)cc2)cc1. The molecule has 3 rings (SSSR count). The van der Waals surface area contributed by atoms with E-state index in [9.17, 15) is 13.2 Å². The van der Waals surface area contributed by atoms with Crippen LogP contribution in [0.5, 0.6) is 11.5 Å². The van der Waals surface area contributed by atoms with Crippen LogP contribution >= 0.6 is 0 Å². The van der Waals surface area contributed by atoms with Gasteiger partial charge in [-0.1, -0.05) is 37.1 Å². The third kappa shape index (κ3) is 7.32. The number of carbonyl (C=O) groups excluding carboxylic acids is 1. The Balaban J connectivity index is 1.74. The summed E-state index contributed by atoms with van der Waals surface area (Å²) in [5.41, 5.74) is 4.39. The zero-order valence-corrected chi connectivity index (χ0v) is 21.5. The number of rotatable bonds is 12. The summed E-state index contributed by atoms with van der Waals surface area (Å²) < 4.78 is 38.8. The second-order valence-corrected chi connectivity index (χ2v) is 9.95. The Bertz CT molecular complexity index is 1270. The van der Waals surface area contributed by atoms with E-state index in [1.165, 1.54) is 25.5 Å². The maximum atomic E-state index is 13.5. The molecule has 9 heteroatoms. The first-order valence-corrected chi connectivity index (χ1v) is 13.1. The summed E-state index contributed by atoms with van der Waals surface area (Å²) in [5, 5.41) is 3.98. The summed E-state index contributed by atoms with van der Waals surface area (Å²) in [6.45, 7) is 4.17. The Labute approximate surface area is 212 Å². The zero-order chi connectivity index (χ0) is 26.0. The van der Waals surface area contributed by atoms with Gasteiger partial charge in [0.15, 0.2) is 0 Å². The number of aryl methyl sites for hydroxylation is 1. The summed E-state index contributed by atoms with van der Waals surface area (Å²) in [6, 6.07) is 20.3. The molecule has 0 aliphatic rings. The first-order chi connectivity index (χ1) is 17.3. The second-order valence-electron chi connectivity index (χ2n) is 8.09. The van der Waals surface area contributed by atoms with Gasteiger partial charge in [0.25, 0.3) is 15.9 Å². The summed E-state index contributed by atoms with van der Waals surface area (Å²) in [5.74, 6) is 0.640. The highest BCUT2D eigenvalue weighted by Gasteiger charge is 2.27. The predicted molar refractivity (Wildman–Crippen MR) is 141 cm³/mol. The van der Waals surface area contributed by atoms with Crippen molar-refractivity contribution in [3.63, 3.8) is 0 Å². The number of unbranched alkanes of at least 4 members (excludes halogenated alkanes) is 1. The lowest BCUT2D eigenvalue weighted by molar-refractivity contribution is -0.119. The lowest BCUT2D eigenvalue weighted by Gasteiger charge is -2.24. The minimum atomic E-state index is -4.03. The van der Waals surface area contributed by atoms with Gasteiger partial charge in [0.05, 0.1) is 30.5 Å². The molecule has 0 atom stereocenters. The number of hydrogen-bond acceptors (Lipinski definition) is 6. The fourth-order valence-electron chi connectivity index (χ4n) is 3.25. The summed E-state index contributed by atoms with van der Waals surface area (Å²) in [6.07, 6.45) is 3.53. The van der Waals surface area contributed by atoms with Crippen molar-refractivity contribution in [3.05, 3.63) is 83.9 Å². The van der Waals surface area contributed by atoms with Crippen molar-refractivity contribution in [2.45, 2.75) is 31.6 Å². The van der Waals surface area contributed by atoms with E-state index < -0.39 is 22.5 Å². The van der Waals surface area contributed by atoms with E-state index in [2.05, 4.69) is 17.5 Å². The quantitative estimate of drug-likeness (QED) is 0.220. The van der Waals surface area contributed by atoms with E-state index in [-0.39, 0.29) is 4.90 Å². The molecule has 8 nitrogen and oxygen atoms in total. The molecule has 3 aromatic carbocycles. The van der Waals surface area contributed by atoms with Crippen LogP contribution in [0.1, 0.15) is 30.9 Å². The number of benzene rings is 3. The Morgan fingerprint density at radius 2 is 1.75 bits per heavy atom. The van der Waals surface area contributed by atoms with Gasteiger partial charge in [-0.3, -0.25) is 9.10 Å². The topological polar surface area (TPSA) is 97.3 Å². The minimum Gasteiger partial charge on any atom is -0.497 e. The van der Waals surface area contributed by atoms with Crippen molar-refractivity contribution in [3.8, 4) is 11.5 Å². The van der Waals surface area contributed by atoms with Crippen LogP contribution < -0.4 is 19.2 Å². The Morgan fingerprint density at radius 1 is 1.03 bits per heavy atom. The van der Waals surface area contributed by atoms with Gasteiger partial charge in [-0.25, -0.2) is 13.8 Å². The van der Waals surface area contributed by atoms with Gasteiger partial charge in [-0.15, -0.1) is 0 Å². The normalized spacial score (nSPS) is 11.3. The van der Waals surface area contributed by atoms with E-state index >= 15 is 0 Å². The number of sulfonamides is 1. The van der Waals surface area contributed by atoms with Gasteiger partial charge in [0.1, 0.15) is 18.0 Å². The maximum Gasteiger partial charge on any atom is 0.264 e. The van der Waals surface area contributed by atoms with Crippen LogP contribution in [0.15, 0.2) is 82.8 Å². The number of nitrogens with zero attached hydrogens (tertiary/aromatic N) is 2. The van der Waals surface area contributed by atoms with Crippen LogP contribution in [-0.4, -0.2) is 40.8 Å². The van der Waals surface area contributed by atoms with Crippen molar-refractivity contribution in [1.29, 1.82) is 0 Å². The number of hydrazone groups is 1. The average Bonchev–Trinajstić information content (AvgIpc) is 2.88. The molecular weight excluding hydrogens is 478 g/mol. The van der Waals surface area contributed by atoms with E-state index in [1.807, 2.05) is 31.2 Å². The Hall–Kier alpha value is -3.85. The molecule has 0 heterocycles. The largest absolute Gasteiger partial charge is 0.497 e. The molecule has 0 spiro atoms. The average molecular weight is 510 g/mol. The number of anilines is 1. The Morgan fingerprint density at radius 3 is 2.42 bits per heavy atom. The van der Waals surface area contributed by atoms with Gasteiger partial charge in [-0.05, 0) is 67.4 Å². The third-order valence-corrected chi connectivity index (χ3v) is 7.08. The van der Waals surface area contributed by atoms with Crippen molar-refractivity contribution in [2.24, 2.45) is 5.10 Å². The number of hydrogen-bond donors (Lipinski definition) is 1. The van der Waals surface area contributed by atoms with Crippen LogP contribution in [-0.2, 0) is 14.8 Å². The van der Waals surface area contributed by atoms with Crippen LogP contribution in [0.25, 0.3) is 0 Å². The number of carbonyl (C=O) groups is 1. The lowest BCUT2D eigenvalue weighted by Crippen LogP contribution is -2.39. The molecule has 1 N–H and O–H groups in total. The number of amides is 1. The third-order valence-electron chi connectivity index (χ3n) is 5.29. The van der Waals surface area contributed by atoms with Crippen molar-refractivity contribution >= 4 is 27.8 Å². The zero-order valence-electron chi connectivity index (χ0n) is 20.7. The fourth-order valence-corrected chi connectivity index (χ4v) is 4.66. The molecule has 0 radical (unpaired) electrons. The lowest BCUT2D eigenvalue weighted by atomic mass is 10.2. The van der Waals surface area contributed by atoms with Crippen LogP contribution in [0.2, 0.25) is 0 Å². The molecule has 0 bridgehead atoms. The number of nitrogens with one attached hydrogen (secondary N) is 1. The summed E-state index contributed by atoms with van der Waals surface area (Å²) >= 11 is 0. The van der Waals surface area contributed by atoms with Gasteiger partial charge >= 0.3 is 0 Å². The molecule has 0 aliphatic carbocycles. The standard InChI is InChI=1S/C27H31N3O5S/c1-4-5-17-35-24-13-11-22(12-14-24)19-28-29-27(31)20-30(23-7-6-8-25(18-23)34-3)36(32,33)26-15-9-21(2)10-16-26/h6-16,18-19H,4-5,17,20H2,1-3H3,(H,29,31)/b28-19-. The fraction of sp³-hybridized carbons (Fsp3) is 0.259. The molecule has 36 heavy (non-hydrogen) atoms. The number of ether oxygens (including phenoxy) is 2. The molecule has 1 amide bonds. The predicted octanol–water partition coefficient (Wildman–Crippen LogP) is 4.53. The highest BCUT2D eigenvalue weighted by atomic mass is 32.2. The molecule has 0 saturated heterocycles. The highest BCUT2D eigenvalue weighted by Crippen LogP contribution is 2.27. The minimum absolute atomic E-state index is 0.0773. The molecule has 0 unspecified atom stereocenters. The van der Waals surface area contributed by atoms with Gasteiger partial charge in [0.2, 0.25) is 0 Å². The first kappa shape index (κ1) is 26.7. The van der Waals surface area contributed by atoms with Crippen molar-refractivity contribution < 1.29 is 22.7 Å². The van der Waals surface area contributed by atoms with E-state index in [0.717, 1.165) is 34.0 Å². The van der Waals surface area contributed by atoms with Gasteiger partial charge in [0, 0.05) is 6.07 Å². The molecule has 0 fully saturated rings. The van der Waals surface area contributed by atoms with E-state index in [1.54, 1.807) is 36.4 Å². The monoisotopic (exact) mass is 509 g/mol. The van der Waals surface area contributed by atoms with Crippen molar-refractivity contribution in [1.82, 2.24) is 5.43 Å². The summed E-state index contributed by atoms with van der Waals surface area (Å²) in [4.78, 5) is 12.8. The van der Waals surface area contributed by atoms with Crippen LogP contribution in [0.3, 0.4) is 0 Å². The smallest absolute Gasteiger partial charge is 0.264 e. The molecule has 3 aromatic rings. The molecule has 0 saturated carbocycles. The molecule has 0 aromatic heterocycles. The van der Waals surface area contributed by atoms with Gasteiger partial charge in [-0.2, -0.15) is 5.10 Å². The van der Waals surface area contributed by atoms with E-state index in [0.29, 0.717) is 18.0 Å². The highest BCUT2D eigenvalue weighted by molar-refractivity contribution is 7.92. The summed E-state index contributed by atoms with van der Waals surface area (Å²) in [7, 11) is -2.54. The van der Waals surface area contributed by atoms with Crippen LogP contribution in [0.4, 0.5) is 5.69 Å². The van der Waals surface area contributed by atoms with Gasteiger partial charge < -0.3 is 9.47 Å². The van der Waals surface area contributed by atoms with Crippen molar-refractivity contribution in [2.75, 3.05) is 24.6 Å². The number of methoxy groups -OCH3 is 1.